The highest BCUT2D eigenvalue weighted by Crippen LogP contribution is 2.22. The van der Waals surface area contributed by atoms with E-state index in [1.54, 1.807) is 10.9 Å². The van der Waals surface area contributed by atoms with Gasteiger partial charge in [0.15, 0.2) is 0 Å². The number of hydrogen-bond acceptors (Lipinski definition) is 2. The molecule has 0 amide bonds. The Morgan fingerprint density at radius 2 is 2.12 bits per heavy atom. The lowest BCUT2D eigenvalue weighted by atomic mass is 10.2. The van der Waals surface area contributed by atoms with Gasteiger partial charge >= 0.3 is 0 Å². The lowest BCUT2D eigenvalue weighted by molar-refractivity contribution is 0.785. The lowest BCUT2D eigenvalue weighted by Crippen LogP contribution is -2.09. The Labute approximate surface area is 110 Å². The summed E-state index contributed by atoms with van der Waals surface area (Å²) in [5.41, 5.74) is 2.87. The SMILES string of the molecule is CNCc1ccc(Cl)cc1-n1cc(Cl)c(C)n1. The highest BCUT2D eigenvalue weighted by atomic mass is 35.5. The maximum Gasteiger partial charge on any atom is 0.0819 e. The largest absolute Gasteiger partial charge is 0.316 e. The molecule has 1 heterocycles. The van der Waals surface area contributed by atoms with Crippen molar-refractivity contribution in [3.63, 3.8) is 0 Å². The predicted molar refractivity (Wildman–Crippen MR) is 71.1 cm³/mol. The molecule has 0 bridgehead atoms. The van der Waals surface area contributed by atoms with Gasteiger partial charge in [-0.25, -0.2) is 4.68 Å². The quantitative estimate of drug-likeness (QED) is 0.928. The molecule has 3 nitrogen and oxygen atoms in total. The van der Waals surface area contributed by atoms with Gasteiger partial charge in [-0.15, -0.1) is 0 Å². The van der Waals surface area contributed by atoms with E-state index in [0.717, 1.165) is 23.5 Å². The molecular formula is C12H13Cl2N3. The van der Waals surface area contributed by atoms with Crippen molar-refractivity contribution in [3.05, 3.63) is 45.7 Å². The Morgan fingerprint density at radius 1 is 1.35 bits per heavy atom. The summed E-state index contributed by atoms with van der Waals surface area (Å²) in [6.45, 7) is 2.63. The highest BCUT2D eigenvalue weighted by molar-refractivity contribution is 6.31. The average Bonchev–Trinajstić information content (AvgIpc) is 2.62. The number of nitrogens with zero attached hydrogens (tertiary/aromatic N) is 2. The number of nitrogens with one attached hydrogen (secondary N) is 1. The zero-order chi connectivity index (χ0) is 12.4. The molecule has 0 saturated heterocycles. The Kier molecular flexibility index (Phi) is 3.72. The van der Waals surface area contributed by atoms with Crippen LogP contribution in [0.1, 0.15) is 11.3 Å². The monoisotopic (exact) mass is 269 g/mol. The molecule has 0 aliphatic rings. The third kappa shape index (κ3) is 2.63. The number of rotatable bonds is 3. The van der Waals surface area contributed by atoms with Crippen molar-refractivity contribution in [1.29, 1.82) is 0 Å². The van der Waals surface area contributed by atoms with Crippen LogP contribution in [-0.4, -0.2) is 16.8 Å². The van der Waals surface area contributed by atoms with E-state index in [0.29, 0.717) is 10.0 Å². The van der Waals surface area contributed by atoms with Gasteiger partial charge in [-0.05, 0) is 31.7 Å². The van der Waals surface area contributed by atoms with Gasteiger partial charge in [-0.1, -0.05) is 29.3 Å². The third-order valence-electron chi connectivity index (χ3n) is 2.50. The normalized spacial score (nSPS) is 10.8. The molecule has 0 aliphatic heterocycles. The first-order valence-corrected chi connectivity index (χ1v) is 6.02. The third-order valence-corrected chi connectivity index (χ3v) is 3.11. The second-order valence-electron chi connectivity index (χ2n) is 3.81. The lowest BCUT2D eigenvalue weighted by Gasteiger charge is -2.09. The molecule has 17 heavy (non-hydrogen) atoms. The van der Waals surface area contributed by atoms with Gasteiger partial charge in [0.1, 0.15) is 0 Å². The van der Waals surface area contributed by atoms with Crippen LogP contribution in [0.2, 0.25) is 10.0 Å². The van der Waals surface area contributed by atoms with Crippen molar-refractivity contribution in [2.45, 2.75) is 13.5 Å². The summed E-state index contributed by atoms with van der Waals surface area (Å²) < 4.78 is 1.76. The molecule has 2 aromatic rings. The van der Waals surface area contributed by atoms with Crippen LogP contribution in [0.5, 0.6) is 0 Å². The minimum atomic E-state index is 0.653. The van der Waals surface area contributed by atoms with Gasteiger partial charge in [0.2, 0.25) is 0 Å². The molecule has 0 saturated carbocycles. The Morgan fingerprint density at radius 3 is 2.71 bits per heavy atom. The summed E-state index contributed by atoms with van der Waals surface area (Å²) in [4.78, 5) is 0. The van der Waals surface area contributed by atoms with Crippen LogP contribution in [0.25, 0.3) is 5.69 Å². The first-order valence-electron chi connectivity index (χ1n) is 5.27. The predicted octanol–water partition coefficient (Wildman–Crippen LogP) is 3.21. The van der Waals surface area contributed by atoms with E-state index in [9.17, 15) is 0 Å². The van der Waals surface area contributed by atoms with Crippen LogP contribution in [0.4, 0.5) is 0 Å². The van der Waals surface area contributed by atoms with Crippen LogP contribution in [0.15, 0.2) is 24.4 Å². The number of halogens is 2. The van der Waals surface area contributed by atoms with E-state index < -0.39 is 0 Å². The molecule has 0 unspecified atom stereocenters. The number of aromatic nitrogens is 2. The summed E-state index contributed by atoms with van der Waals surface area (Å²) >= 11 is 12.0. The first-order chi connectivity index (χ1) is 8.11. The zero-order valence-electron chi connectivity index (χ0n) is 9.67. The number of hydrogen-bond donors (Lipinski definition) is 1. The van der Waals surface area contributed by atoms with Gasteiger partial charge < -0.3 is 5.32 Å². The smallest absolute Gasteiger partial charge is 0.0819 e. The van der Waals surface area contributed by atoms with Crippen molar-refractivity contribution in [2.75, 3.05) is 7.05 Å². The maximum absolute atomic E-state index is 6.02. The van der Waals surface area contributed by atoms with E-state index in [1.165, 1.54) is 0 Å². The second-order valence-corrected chi connectivity index (χ2v) is 4.65. The van der Waals surface area contributed by atoms with Gasteiger partial charge in [0.25, 0.3) is 0 Å². The standard InChI is InChI=1S/C12H13Cl2N3/c1-8-11(14)7-17(16-8)12-5-10(13)4-3-9(12)6-15-2/h3-5,7,15H,6H2,1-2H3. The minimum absolute atomic E-state index is 0.653. The molecule has 2 rings (SSSR count). The molecule has 90 valence electrons. The molecular weight excluding hydrogens is 257 g/mol. The van der Waals surface area contributed by atoms with E-state index >= 15 is 0 Å². The van der Waals surface area contributed by atoms with Gasteiger partial charge in [0, 0.05) is 17.8 Å². The topological polar surface area (TPSA) is 29.9 Å². The van der Waals surface area contributed by atoms with Crippen LogP contribution in [0, 0.1) is 6.92 Å². The van der Waals surface area contributed by atoms with Crippen LogP contribution in [-0.2, 0) is 6.54 Å². The van der Waals surface area contributed by atoms with Crippen molar-refractivity contribution in [2.24, 2.45) is 0 Å². The molecule has 5 heteroatoms. The second kappa shape index (κ2) is 5.08. The Bertz CT molecular complexity index is 515. The number of benzene rings is 1. The summed E-state index contributed by atoms with van der Waals surface area (Å²) in [6.07, 6.45) is 1.79. The molecule has 1 N–H and O–H groups in total. The number of aryl methyl sites for hydroxylation is 1. The first kappa shape index (κ1) is 12.4. The fraction of sp³-hybridized carbons (Fsp3) is 0.250. The Hall–Kier alpha value is -1.03. The van der Waals surface area contributed by atoms with Gasteiger partial charge in [0.05, 0.1) is 16.4 Å². The highest BCUT2D eigenvalue weighted by Gasteiger charge is 2.08. The molecule has 0 spiro atoms. The van der Waals surface area contributed by atoms with Crippen molar-refractivity contribution in [1.82, 2.24) is 15.1 Å². The zero-order valence-corrected chi connectivity index (χ0v) is 11.2. The molecule has 0 atom stereocenters. The summed E-state index contributed by atoms with van der Waals surface area (Å²) in [6, 6.07) is 5.74. The maximum atomic E-state index is 6.02. The van der Waals surface area contributed by atoms with Gasteiger partial charge in [-0.2, -0.15) is 5.10 Å². The van der Waals surface area contributed by atoms with Crippen molar-refractivity contribution in [3.8, 4) is 5.69 Å². The minimum Gasteiger partial charge on any atom is -0.316 e. The fourth-order valence-electron chi connectivity index (χ4n) is 1.65. The summed E-state index contributed by atoms with van der Waals surface area (Å²) in [5.74, 6) is 0. The molecule has 0 aliphatic carbocycles. The van der Waals surface area contributed by atoms with E-state index in [1.807, 2.05) is 32.2 Å². The van der Waals surface area contributed by atoms with E-state index in [-0.39, 0.29) is 0 Å². The molecule has 0 radical (unpaired) electrons. The Balaban J connectivity index is 2.52. The summed E-state index contributed by atoms with van der Waals surface area (Å²) in [5, 5.41) is 8.82. The molecule has 0 fully saturated rings. The van der Waals surface area contributed by atoms with Crippen molar-refractivity contribution >= 4 is 23.2 Å². The molecule has 1 aromatic carbocycles. The van der Waals surface area contributed by atoms with Crippen LogP contribution in [0.3, 0.4) is 0 Å². The summed E-state index contributed by atoms with van der Waals surface area (Å²) in [7, 11) is 1.90. The van der Waals surface area contributed by atoms with E-state index in [4.69, 9.17) is 23.2 Å². The van der Waals surface area contributed by atoms with Crippen molar-refractivity contribution < 1.29 is 0 Å². The van der Waals surface area contributed by atoms with Crippen LogP contribution >= 0.6 is 23.2 Å². The van der Waals surface area contributed by atoms with Crippen LogP contribution < -0.4 is 5.32 Å². The average molecular weight is 270 g/mol. The van der Waals surface area contributed by atoms with E-state index in [2.05, 4.69) is 10.4 Å². The van der Waals surface area contributed by atoms with Gasteiger partial charge in [-0.3, -0.25) is 0 Å². The fourth-order valence-corrected chi connectivity index (χ4v) is 1.95. The molecule has 1 aromatic heterocycles.